The first-order valence-electron chi connectivity index (χ1n) is 13.2. The first-order chi connectivity index (χ1) is 19.5. The quantitative estimate of drug-likeness (QED) is 0.262. The van der Waals surface area contributed by atoms with Gasteiger partial charge in [-0.1, -0.05) is 57.0 Å². The van der Waals surface area contributed by atoms with Gasteiger partial charge < -0.3 is 19.6 Å². The minimum absolute atomic E-state index is 0.117. The molecule has 1 fully saturated rings. The summed E-state index contributed by atoms with van der Waals surface area (Å²) in [6, 6.07) is 19.7. The second-order valence-corrected chi connectivity index (χ2v) is 10.8. The summed E-state index contributed by atoms with van der Waals surface area (Å²) in [7, 11) is 0. The minimum atomic E-state index is -0.117. The van der Waals surface area contributed by atoms with Crippen molar-refractivity contribution in [1.29, 1.82) is 0 Å². The summed E-state index contributed by atoms with van der Waals surface area (Å²) in [6.07, 6.45) is 4.85. The fourth-order valence-electron chi connectivity index (χ4n) is 4.88. The lowest BCUT2D eigenvalue weighted by Crippen LogP contribution is -2.38. The van der Waals surface area contributed by atoms with Gasteiger partial charge >= 0.3 is 6.03 Å². The molecule has 1 saturated heterocycles. The van der Waals surface area contributed by atoms with Crippen LogP contribution >= 0.6 is 15.9 Å². The summed E-state index contributed by atoms with van der Waals surface area (Å²) in [5.41, 5.74) is 5.02. The normalized spacial score (nSPS) is 13.8. The molecule has 202 valence electrons. The number of aryl methyl sites for hydroxylation is 1. The zero-order chi connectivity index (χ0) is 27.5. The van der Waals surface area contributed by atoms with Gasteiger partial charge in [-0.15, -0.1) is 0 Å². The fourth-order valence-corrected chi connectivity index (χ4v) is 5.28. The molecule has 0 aliphatic carbocycles. The number of carbonyl (C=O) groups excluding carboxylic acids is 1. The Morgan fingerprint density at radius 2 is 1.90 bits per heavy atom. The van der Waals surface area contributed by atoms with Crippen LogP contribution in [0.2, 0.25) is 0 Å². The summed E-state index contributed by atoms with van der Waals surface area (Å²) in [6.45, 7) is 4.60. The lowest BCUT2D eigenvalue weighted by atomic mass is 10.1. The zero-order valence-electron chi connectivity index (χ0n) is 22.0. The van der Waals surface area contributed by atoms with Crippen LogP contribution in [0.1, 0.15) is 23.4 Å². The van der Waals surface area contributed by atoms with Crippen molar-refractivity contribution < 1.29 is 9.32 Å². The van der Waals surface area contributed by atoms with E-state index < -0.39 is 0 Å². The highest BCUT2D eigenvalue weighted by Gasteiger charge is 2.26. The molecule has 3 aromatic heterocycles. The molecule has 0 atom stereocenters. The van der Waals surface area contributed by atoms with E-state index in [-0.39, 0.29) is 6.03 Å². The third-order valence-corrected chi connectivity index (χ3v) is 7.43. The number of halogens is 1. The number of nitrogens with zero attached hydrogens (tertiary/aromatic N) is 6. The van der Waals surface area contributed by atoms with Crippen molar-refractivity contribution in [2.75, 3.05) is 36.4 Å². The average Bonchev–Trinajstić information content (AvgIpc) is 3.23. The molecule has 1 N–H and O–H groups in total. The van der Waals surface area contributed by atoms with Crippen LogP contribution in [-0.2, 0) is 6.42 Å². The largest absolute Gasteiger partial charge is 0.354 e. The third kappa shape index (κ3) is 5.67. The summed E-state index contributed by atoms with van der Waals surface area (Å²) in [5, 5.41) is 8.15. The predicted octanol–water partition coefficient (Wildman–Crippen LogP) is 6.09. The molecule has 40 heavy (non-hydrogen) atoms. The highest BCUT2D eigenvalue weighted by molar-refractivity contribution is 9.10. The number of hydrogen-bond acceptors (Lipinski definition) is 7. The number of amides is 2. The minimum Gasteiger partial charge on any atom is -0.354 e. The lowest BCUT2D eigenvalue weighted by molar-refractivity contribution is 0.215. The molecule has 0 spiro atoms. The van der Waals surface area contributed by atoms with E-state index in [4.69, 9.17) is 14.5 Å². The number of pyridine rings is 1. The number of hydrogen-bond donors (Lipinski definition) is 1. The maximum absolute atomic E-state index is 13.1. The number of anilines is 2. The predicted molar refractivity (Wildman–Crippen MR) is 158 cm³/mol. The number of nitrogens with one attached hydrogen (secondary N) is 1. The number of aromatic nitrogens is 4. The number of rotatable bonds is 5. The van der Waals surface area contributed by atoms with Crippen LogP contribution < -0.4 is 10.2 Å². The number of urea groups is 1. The van der Waals surface area contributed by atoms with E-state index in [1.165, 1.54) is 5.56 Å². The first kappa shape index (κ1) is 25.9. The van der Waals surface area contributed by atoms with E-state index >= 15 is 0 Å². The van der Waals surface area contributed by atoms with E-state index in [9.17, 15) is 4.79 Å². The van der Waals surface area contributed by atoms with Gasteiger partial charge in [0.05, 0.1) is 0 Å². The molecule has 0 unspecified atom stereocenters. The van der Waals surface area contributed by atoms with Gasteiger partial charge in [-0.05, 0) is 49.2 Å². The van der Waals surface area contributed by atoms with Gasteiger partial charge in [0.25, 0.3) is 5.71 Å². The van der Waals surface area contributed by atoms with Crippen molar-refractivity contribution in [3.05, 3.63) is 94.5 Å². The van der Waals surface area contributed by atoms with Gasteiger partial charge in [-0.25, -0.2) is 9.78 Å². The van der Waals surface area contributed by atoms with Crippen LogP contribution in [0.5, 0.6) is 0 Å². The van der Waals surface area contributed by atoms with Crippen molar-refractivity contribution in [3.63, 3.8) is 0 Å². The molecular weight excluding hydrogens is 570 g/mol. The molecule has 1 aliphatic rings. The molecule has 0 bridgehead atoms. The second-order valence-electron chi connectivity index (χ2n) is 9.85. The molecule has 2 amide bonds. The summed E-state index contributed by atoms with van der Waals surface area (Å²) < 4.78 is 6.68. The Kier molecular flexibility index (Phi) is 7.41. The highest BCUT2D eigenvalue weighted by Crippen LogP contribution is 2.34. The molecular formula is C30H28BrN7O2. The summed E-state index contributed by atoms with van der Waals surface area (Å²) >= 11 is 3.46. The Hall–Kier alpha value is -4.31. The van der Waals surface area contributed by atoms with E-state index in [0.717, 1.165) is 45.5 Å². The van der Waals surface area contributed by atoms with Gasteiger partial charge in [0.2, 0.25) is 0 Å². The van der Waals surface area contributed by atoms with Crippen molar-refractivity contribution in [2.45, 2.75) is 19.8 Å². The Labute approximate surface area is 240 Å². The SMILES string of the molecule is Cc1ccc(Cc2nc(N3CCCN(C(=O)Nc4cccc(Br)c4)CC3)c3c(-c4cccnc4)noc3n2)cc1. The Bertz CT molecular complexity index is 1640. The number of benzene rings is 2. The standard InChI is InChI=1S/C30H28BrN7O2/c1-20-8-10-21(11-9-20)17-25-34-28(26-27(36-40-29(26)35-25)22-5-3-12-32-19-22)37-13-4-14-38(16-15-37)30(39)33-24-7-2-6-23(31)18-24/h2-3,5-12,18-19H,4,13-17H2,1H3,(H,33,39). The smallest absolute Gasteiger partial charge is 0.321 e. The molecule has 0 radical (unpaired) electrons. The van der Waals surface area contributed by atoms with E-state index in [0.29, 0.717) is 43.3 Å². The van der Waals surface area contributed by atoms with Gasteiger partial charge in [-0.2, -0.15) is 4.98 Å². The van der Waals surface area contributed by atoms with E-state index in [1.54, 1.807) is 12.4 Å². The van der Waals surface area contributed by atoms with Crippen molar-refractivity contribution in [1.82, 2.24) is 25.0 Å². The van der Waals surface area contributed by atoms with Crippen LogP contribution in [0.25, 0.3) is 22.4 Å². The zero-order valence-corrected chi connectivity index (χ0v) is 23.6. The van der Waals surface area contributed by atoms with Crippen LogP contribution in [0.15, 0.2) is 82.1 Å². The summed E-state index contributed by atoms with van der Waals surface area (Å²) in [4.78, 5) is 31.2. The molecule has 0 saturated carbocycles. The van der Waals surface area contributed by atoms with Gasteiger partial charge in [0.15, 0.2) is 0 Å². The molecule has 1 aliphatic heterocycles. The fraction of sp³-hybridized carbons (Fsp3) is 0.233. The molecule has 2 aromatic carbocycles. The molecule has 6 rings (SSSR count). The van der Waals surface area contributed by atoms with Crippen LogP contribution in [-0.4, -0.2) is 57.2 Å². The maximum atomic E-state index is 13.1. The third-order valence-electron chi connectivity index (χ3n) is 6.94. The van der Waals surface area contributed by atoms with Gasteiger partial charge in [0.1, 0.15) is 22.7 Å². The molecule has 4 heterocycles. The molecule has 10 heteroatoms. The van der Waals surface area contributed by atoms with Crippen LogP contribution in [0.4, 0.5) is 16.3 Å². The summed E-state index contributed by atoms with van der Waals surface area (Å²) in [5.74, 6) is 1.43. The maximum Gasteiger partial charge on any atom is 0.321 e. The monoisotopic (exact) mass is 597 g/mol. The first-order valence-corrected chi connectivity index (χ1v) is 14.0. The number of fused-ring (bicyclic) bond motifs is 1. The van der Waals surface area contributed by atoms with E-state index in [1.807, 2.05) is 41.3 Å². The van der Waals surface area contributed by atoms with Crippen LogP contribution in [0.3, 0.4) is 0 Å². The van der Waals surface area contributed by atoms with Gasteiger partial charge in [-0.3, -0.25) is 4.98 Å². The van der Waals surface area contributed by atoms with Crippen molar-refractivity contribution >= 4 is 44.6 Å². The Balaban J connectivity index is 1.31. The molecule has 5 aromatic rings. The van der Waals surface area contributed by atoms with Crippen LogP contribution in [0, 0.1) is 6.92 Å². The lowest BCUT2D eigenvalue weighted by Gasteiger charge is -2.24. The molecule has 9 nitrogen and oxygen atoms in total. The number of carbonyl (C=O) groups is 1. The topological polar surface area (TPSA) is 100 Å². The van der Waals surface area contributed by atoms with Crippen molar-refractivity contribution in [3.8, 4) is 11.3 Å². The van der Waals surface area contributed by atoms with Gasteiger partial charge in [0, 0.05) is 60.7 Å². The van der Waals surface area contributed by atoms with E-state index in [2.05, 4.69) is 67.5 Å². The highest BCUT2D eigenvalue weighted by atomic mass is 79.9. The average molecular weight is 599 g/mol. The second kappa shape index (κ2) is 11.4. The van der Waals surface area contributed by atoms with Crippen molar-refractivity contribution in [2.24, 2.45) is 0 Å². The Morgan fingerprint density at radius 3 is 2.70 bits per heavy atom. The Morgan fingerprint density at radius 1 is 1.02 bits per heavy atom.